The zero-order valence-electron chi connectivity index (χ0n) is 14.7. The summed E-state index contributed by atoms with van der Waals surface area (Å²) in [6.07, 6.45) is 11.6. The largest absolute Gasteiger partial charge is 0.299 e. The number of carbonyl (C=O) groups is 1. The quantitative estimate of drug-likeness (QED) is 0.474. The van der Waals surface area contributed by atoms with E-state index in [9.17, 15) is 4.79 Å². The van der Waals surface area contributed by atoms with Crippen LogP contribution in [0.5, 0.6) is 0 Å². The van der Waals surface area contributed by atoms with Gasteiger partial charge in [0, 0.05) is 23.7 Å². The molecule has 0 heterocycles. The molecule has 2 saturated carbocycles. The lowest BCUT2D eigenvalue weighted by atomic mass is 9.43. The topological polar surface area (TPSA) is 17.1 Å². The Kier molecular flexibility index (Phi) is 3.79. The van der Waals surface area contributed by atoms with E-state index < -0.39 is 0 Å². The van der Waals surface area contributed by atoms with E-state index in [2.05, 4.69) is 38.7 Å². The zero-order chi connectivity index (χ0) is 16.0. The Balaban J connectivity index is 2.05. The number of Topliss-reactive ketones (excluding diaryl/α,β-unsaturated/α-hetero) is 1. The molecule has 0 spiro atoms. The van der Waals surface area contributed by atoms with Gasteiger partial charge in [-0.1, -0.05) is 32.4 Å². The van der Waals surface area contributed by atoms with Gasteiger partial charge < -0.3 is 0 Å². The Bertz CT molecular complexity index is 570. The van der Waals surface area contributed by atoms with Gasteiger partial charge in [-0.15, -0.1) is 11.8 Å². The minimum absolute atomic E-state index is 0.159. The first kappa shape index (κ1) is 15.9. The van der Waals surface area contributed by atoms with Crippen molar-refractivity contribution in [1.82, 2.24) is 0 Å². The van der Waals surface area contributed by atoms with Crippen molar-refractivity contribution in [3.63, 3.8) is 0 Å². The monoisotopic (exact) mass is 298 g/mol. The Morgan fingerprint density at radius 1 is 1.23 bits per heavy atom. The van der Waals surface area contributed by atoms with Gasteiger partial charge in [0.15, 0.2) is 0 Å². The summed E-state index contributed by atoms with van der Waals surface area (Å²) in [6.45, 7) is 8.80. The van der Waals surface area contributed by atoms with Crippen molar-refractivity contribution in [2.24, 2.45) is 22.2 Å². The van der Waals surface area contributed by atoms with Gasteiger partial charge in [-0.25, -0.2) is 0 Å². The highest BCUT2D eigenvalue weighted by atomic mass is 16.1. The summed E-state index contributed by atoms with van der Waals surface area (Å²) in [5, 5.41) is 0. The molecule has 3 aliphatic rings. The van der Waals surface area contributed by atoms with E-state index in [1.54, 1.807) is 5.57 Å². The van der Waals surface area contributed by atoms with Crippen LogP contribution in [0, 0.1) is 34.0 Å². The van der Waals surface area contributed by atoms with Crippen molar-refractivity contribution in [3.8, 4) is 11.8 Å². The molecule has 1 nitrogen and oxygen atoms in total. The second kappa shape index (κ2) is 5.26. The molecule has 0 aromatic rings. The highest BCUT2D eigenvalue weighted by Gasteiger charge is 2.58. The summed E-state index contributed by atoms with van der Waals surface area (Å²) in [7, 11) is 0. The van der Waals surface area contributed by atoms with Gasteiger partial charge in [0.25, 0.3) is 0 Å². The molecule has 0 radical (unpaired) electrons. The lowest BCUT2D eigenvalue weighted by Gasteiger charge is -2.60. The van der Waals surface area contributed by atoms with Crippen LogP contribution in [0.3, 0.4) is 0 Å². The van der Waals surface area contributed by atoms with Crippen LogP contribution in [0.4, 0.5) is 0 Å². The van der Waals surface area contributed by atoms with E-state index in [0.717, 1.165) is 19.3 Å². The van der Waals surface area contributed by atoms with Crippen molar-refractivity contribution in [2.45, 2.75) is 79.1 Å². The maximum Gasteiger partial charge on any atom is 0.138 e. The van der Waals surface area contributed by atoms with Crippen molar-refractivity contribution < 1.29 is 4.79 Å². The number of rotatable bonds is 1. The van der Waals surface area contributed by atoms with Crippen molar-refractivity contribution in [3.05, 3.63) is 11.6 Å². The molecule has 0 aromatic carbocycles. The number of allylic oxidation sites excluding steroid dienone is 2. The molecule has 0 bridgehead atoms. The Morgan fingerprint density at radius 3 is 2.73 bits per heavy atom. The average molecular weight is 298 g/mol. The summed E-state index contributed by atoms with van der Waals surface area (Å²) in [6, 6.07) is 0. The van der Waals surface area contributed by atoms with Gasteiger partial charge >= 0.3 is 0 Å². The first-order valence-corrected chi connectivity index (χ1v) is 9.01. The molecule has 2 fully saturated rings. The third-order valence-electron chi connectivity index (χ3n) is 7.14. The van der Waals surface area contributed by atoms with Crippen LogP contribution in [0.2, 0.25) is 0 Å². The average Bonchev–Trinajstić information content (AvgIpc) is 2.50. The molecule has 120 valence electrons. The van der Waals surface area contributed by atoms with E-state index in [-0.39, 0.29) is 10.8 Å². The molecule has 1 heteroatoms. The highest BCUT2D eigenvalue weighted by molar-refractivity contribution is 5.85. The summed E-state index contributed by atoms with van der Waals surface area (Å²) in [4.78, 5) is 12.5. The Hall–Kier alpha value is -1.03. The Morgan fingerprint density at radius 2 is 2.00 bits per heavy atom. The lowest BCUT2D eigenvalue weighted by molar-refractivity contribution is -0.141. The first-order valence-electron chi connectivity index (χ1n) is 9.01. The number of hydrogen-bond donors (Lipinski definition) is 0. The molecule has 3 rings (SSSR count). The summed E-state index contributed by atoms with van der Waals surface area (Å²) >= 11 is 0. The SMILES string of the molecule is CC#CC[C@]12CCCC=C1[C@@]1(C)CCC(=O)C(C)(C)[C@@H]1CC2. The number of ketones is 1. The minimum Gasteiger partial charge on any atom is -0.299 e. The molecule has 3 atom stereocenters. The lowest BCUT2D eigenvalue weighted by Crippen LogP contribution is -2.54. The molecule has 0 aliphatic heterocycles. The molecule has 0 N–H and O–H groups in total. The van der Waals surface area contributed by atoms with Crippen LogP contribution < -0.4 is 0 Å². The molecular formula is C21H30O. The van der Waals surface area contributed by atoms with Gasteiger partial charge in [0.2, 0.25) is 0 Å². The first-order chi connectivity index (χ1) is 10.4. The maximum atomic E-state index is 12.5. The van der Waals surface area contributed by atoms with Crippen LogP contribution >= 0.6 is 0 Å². The fourth-order valence-electron chi connectivity index (χ4n) is 5.95. The minimum atomic E-state index is -0.159. The smallest absolute Gasteiger partial charge is 0.138 e. The van der Waals surface area contributed by atoms with Crippen LogP contribution in [-0.4, -0.2) is 5.78 Å². The van der Waals surface area contributed by atoms with Crippen molar-refractivity contribution >= 4 is 5.78 Å². The van der Waals surface area contributed by atoms with Gasteiger partial charge in [-0.2, -0.15) is 0 Å². The van der Waals surface area contributed by atoms with Crippen LogP contribution in [0.1, 0.15) is 79.1 Å². The predicted molar refractivity (Wildman–Crippen MR) is 91.3 cm³/mol. The number of fused-ring (bicyclic) bond motifs is 3. The molecule has 0 saturated heterocycles. The third kappa shape index (κ3) is 2.10. The molecule has 22 heavy (non-hydrogen) atoms. The fraction of sp³-hybridized carbons (Fsp3) is 0.762. The van der Waals surface area contributed by atoms with Crippen LogP contribution in [0.15, 0.2) is 11.6 Å². The zero-order valence-corrected chi connectivity index (χ0v) is 14.7. The third-order valence-corrected chi connectivity index (χ3v) is 7.14. The molecule has 0 aromatic heterocycles. The summed E-state index contributed by atoms with van der Waals surface area (Å²) in [5.74, 6) is 7.50. The second-order valence-corrected chi connectivity index (χ2v) is 8.55. The standard InChI is InChI=1S/C21H30O/c1-5-6-12-21-13-8-7-9-17(21)20(4)14-11-18(22)19(2,3)16(20)10-15-21/h9,16H,7-8,10-15H2,1-4H3/t16-,20-,21+/m0/s1. The molecule has 0 unspecified atom stereocenters. The van der Waals surface area contributed by atoms with E-state index >= 15 is 0 Å². The maximum absolute atomic E-state index is 12.5. The van der Waals surface area contributed by atoms with Gasteiger partial charge in [-0.05, 0) is 56.8 Å². The summed E-state index contributed by atoms with van der Waals surface area (Å²) in [5.41, 5.74) is 2.04. The van der Waals surface area contributed by atoms with Crippen molar-refractivity contribution in [1.29, 1.82) is 0 Å². The van der Waals surface area contributed by atoms with E-state index in [0.29, 0.717) is 17.1 Å². The van der Waals surface area contributed by atoms with E-state index in [1.165, 1.54) is 32.1 Å². The van der Waals surface area contributed by atoms with Crippen LogP contribution in [0.25, 0.3) is 0 Å². The van der Waals surface area contributed by atoms with Gasteiger partial charge in [0.1, 0.15) is 5.78 Å². The normalized spacial score (nSPS) is 39.9. The van der Waals surface area contributed by atoms with E-state index in [4.69, 9.17) is 0 Å². The number of carbonyl (C=O) groups excluding carboxylic acids is 1. The molecule has 3 aliphatic carbocycles. The second-order valence-electron chi connectivity index (χ2n) is 8.55. The van der Waals surface area contributed by atoms with Gasteiger partial charge in [-0.3, -0.25) is 4.79 Å². The molecule has 0 amide bonds. The van der Waals surface area contributed by atoms with E-state index in [1.807, 2.05) is 6.92 Å². The summed E-state index contributed by atoms with van der Waals surface area (Å²) < 4.78 is 0. The predicted octanol–water partition coefficient (Wildman–Crippen LogP) is 5.30. The van der Waals surface area contributed by atoms with Crippen molar-refractivity contribution in [2.75, 3.05) is 0 Å². The Labute approximate surface area is 135 Å². The molecular weight excluding hydrogens is 268 g/mol. The number of hydrogen-bond acceptors (Lipinski definition) is 1. The van der Waals surface area contributed by atoms with Gasteiger partial charge in [0.05, 0.1) is 0 Å². The highest BCUT2D eigenvalue weighted by Crippen LogP contribution is 2.66. The fourth-order valence-corrected chi connectivity index (χ4v) is 5.95. The van der Waals surface area contributed by atoms with Crippen LogP contribution in [-0.2, 0) is 4.79 Å².